The van der Waals surface area contributed by atoms with Crippen LogP contribution in [-0.4, -0.2) is 16.4 Å². The van der Waals surface area contributed by atoms with Gasteiger partial charge in [-0.2, -0.15) is 0 Å². The lowest BCUT2D eigenvalue weighted by atomic mass is 10.00. The lowest BCUT2D eigenvalue weighted by Gasteiger charge is -2.06. The van der Waals surface area contributed by atoms with Crippen molar-refractivity contribution in [1.82, 2.24) is 4.98 Å². The van der Waals surface area contributed by atoms with Gasteiger partial charge in [0, 0.05) is 16.5 Å². The van der Waals surface area contributed by atoms with Gasteiger partial charge in [0.05, 0.1) is 11.8 Å². The highest BCUT2D eigenvalue weighted by Gasteiger charge is 2.17. The first-order valence-electron chi connectivity index (χ1n) is 6.55. The van der Waals surface area contributed by atoms with Gasteiger partial charge in [-0.05, 0) is 24.1 Å². The number of fused-ring (bicyclic) bond motifs is 1. The van der Waals surface area contributed by atoms with E-state index >= 15 is 0 Å². The molecule has 100 valence electrons. The number of carbonyl (C=O) groups is 1. The average molecular weight is 265 g/mol. The Bertz CT molecular complexity index is 757. The minimum absolute atomic E-state index is 0.600. The molecule has 20 heavy (non-hydrogen) atoms. The second kappa shape index (κ2) is 4.94. The number of aromatic amines is 1. The van der Waals surface area contributed by atoms with Gasteiger partial charge in [0.25, 0.3) is 0 Å². The van der Waals surface area contributed by atoms with E-state index in [1.165, 1.54) is 0 Å². The summed E-state index contributed by atoms with van der Waals surface area (Å²) in [6, 6.07) is 15.4. The molecular weight excluding hydrogens is 250 g/mol. The van der Waals surface area contributed by atoms with E-state index in [2.05, 4.69) is 4.98 Å². The Labute approximate surface area is 116 Å². The molecule has 0 saturated carbocycles. The van der Waals surface area contributed by atoms with Crippen LogP contribution in [0.1, 0.15) is 28.9 Å². The molecule has 3 heteroatoms. The molecule has 0 aliphatic carbocycles. The number of hydrogen-bond acceptors (Lipinski definition) is 2. The summed E-state index contributed by atoms with van der Waals surface area (Å²) in [5.74, 6) is 0. The van der Waals surface area contributed by atoms with Gasteiger partial charge in [0.15, 0.2) is 6.29 Å². The molecule has 0 spiro atoms. The maximum Gasteiger partial charge on any atom is 0.152 e. The zero-order valence-corrected chi connectivity index (χ0v) is 11.1. The molecule has 0 amide bonds. The highest BCUT2D eigenvalue weighted by Crippen LogP contribution is 2.33. The molecule has 1 aromatic heterocycles. The summed E-state index contributed by atoms with van der Waals surface area (Å²) in [5, 5.41) is 10.7. The van der Waals surface area contributed by atoms with Gasteiger partial charge in [0.1, 0.15) is 0 Å². The molecule has 3 aromatic rings. The highest BCUT2D eigenvalue weighted by atomic mass is 16.3. The minimum Gasteiger partial charge on any atom is -0.389 e. The minimum atomic E-state index is -0.614. The van der Waals surface area contributed by atoms with Crippen LogP contribution in [0.15, 0.2) is 48.5 Å². The number of aliphatic hydroxyl groups excluding tert-OH is 1. The monoisotopic (exact) mass is 265 g/mol. The number of aromatic nitrogens is 1. The van der Waals surface area contributed by atoms with Crippen LogP contribution in [0.25, 0.3) is 22.2 Å². The maximum absolute atomic E-state index is 11.5. The van der Waals surface area contributed by atoms with Gasteiger partial charge < -0.3 is 10.1 Å². The first-order chi connectivity index (χ1) is 9.72. The molecule has 3 rings (SSSR count). The number of hydrogen-bond donors (Lipinski definition) is 2. The normalized spacial score (nSPS) is 12.5. The number of rotatable bonds is 3. The number of aldehydes is 1. The standard InChI is InChI=1S/C17H15NO2/c1-11(20)13-8-5-9-15-16(13)14(10-19)17(18-15)12-6-3-2-4-7-12/h2-11,18,20H,1H3. The van der Waals surface area contributed by atoms with Crippen LogP contribution in [0.4, 0.5) is 0 Å². The van der Waals surface area contributed by atoms with E-state index in [0.29, 0.717) is 5.56 Å². The fraction of sp³-hybridized carbons (Fsp3) is 0.118. The Hall–Kier alpha value is -2.39. The van der Waals surface area contributed by atoms with E-state index in [0.717, 1.165) is 34.0 Å². The molecule has 2 N–H and O–H groups in total. The number of benzene rings is 2. The van der Waals surface area contributed by atoms with E-state index in [1.54, 1.807) is 6.92 Å². The van der Waals surface area contributed by atoms with Crippen molar-refractivity contribution in [1.29, 1.82) is 0 Å². The third-order valence-electron chi connectivity index (χ3n) is 3.53. The van der Waals surface area contributed by atoms with Crippen molar-refractivity contribution in [2.24, 2.45) is 0 Å². The molecule has 0 aliphatic rings. The molecule has 0 bridgehead atoms. The Morgan fingerprint density at radius 1 is 1.10 bits per heavy atom. The average Bonchev–Trinajstić information content (AvgIpc) is 2.86. The van der Waals surface area contributed by atoms with Gasteiger partial charge in [-0.3, -0.25) is 4.79 Å². The number of H-pyrrole nitrogens is 1. The van der Waals surface area contributed by atoms with Crippen molar-refractivity contribution in [3.05, 3.63) is 59.7 Å². The second-order valence-corrected chi connectivity index (χ2v) is 4.84. The van der Waals surface area contributed by atoms with Crippen molar-refractivity contribution in [3.63, 3.8) is 0 Å². The summed E-state index contributed by atoms with van der Waals surface area (Å²) in [4.78, 5) is 14.8. The van der Waals surface area contributed by atoms with Crippen molar-refractivity contribution in [2.75, 3.05) is 0 Å². The Morgan fingerprint density at radius 2 is 1.85 bits per heavy atom. The predicted molar refractivity (Wildman–Crippen MR) is 79.8 cm³/mol. The lowest BCUT2D eigenvalue weighted by molar-refractivity contribution is 0.112. The number of nitrogens with one attached hydrogen (secondary N) is 1. The van der Waals surface area contributed by atoms with Crippen molar-refractivity contribution >= 4 is 17.2 Å². The van der Waals surface area contributed by atoms with Crippen LogP contribution < -0.4 is 0 Å². The van der Waals surface area contributed by atoms with Crippen LogP contribution in [0.5, 0.6) is 0 Å². The molecule has 0 saturated heterocycles. The van der Waals surface area contributed by atoms with Crippen LogP contribution in [0, 0.1) is 0 Å². The molecule has 1 unspecified atom stereocenters. The van der Waals surface area contributed by atoms with E-state index < -0.39 is 6.10 Å². The molecule has 0 aliphatic heterocycles. The highest BCUT2D eigenvalue weighted by molar-refractivity contribution is 6.06. The van der Waals surface area contributed by atoms with Gasteiger partial charge in [-0.25, -0.2) is 0 Å². The Balaban J connectivity index is 2.36. The van der Waals surface area contributed by atoms with Crippen LogP contribution in [0.3, 0.4) is 0 Å². The fourth-order valence-corrected chi connectivity index (χ4v) is 2.60. The molecule has 3 nitrogen and oxygen atoms in total. The molecule has 2 aromatic carbocycles. The first-order valence-corrected chi connectivity index (χ1v) is 6.55. The molecule has 0 radical (unpaired) electrons. The van der Waals surface area contributed by atoms with E-state index in [4.69, 9.17) is 0 Å². The third-order valence-corrected chi connectivity index (χ3v) is 3.53. The summed E-state index contributed by atoms with van der Waals surface area (Å²) < 4.78 is 0. The van der Waals surface area contributed by atoms with Gasteiger partial charge >= 0.3 is 0 Å². The fourth-order valence-electron chi connectivity index (χ4n) is 2.60. The number of carbonyl (C=O) groups excluding carboxylic acids is 1. The molecule has 1 atom stereocenters. The van der Waals surface area contributed by atoms with Gasteiger partial charge in [0.2, 0.25) is 0 Å². The van der Waals surface area contributed by atoms with Gasteiger partial charge in [-0.1, -0.05) is 42.5 Å². The molecule has 0 fully saturated rings. The molecule has 1 heterocycles. The zero-order valence-electron chi connectivity index (χ0n) is 11.1. The lowest BCUT2D eigenvalue weighted by Crippen LogP contribution is -1.93. The molecular formula is C17H15NO2. The van der Waals surface area contributed by atoms with Crippen LogP contribution >= 0.6 is 0 Å². The first kappa shape index (κ1) is 12.6. The quantitative estimate of drug-likeness (QED) is 0.709. The number of aliphatic hydroxyl groups is 1. The summed E-state index contributed by atoms with van der Waals surface area (Å²) in [6.45, 7) is 1.71. The van der Waals surface area contributed by atoms with Crippen molar-refractivity contribution in [2.45, 2.75) is 13.0 Å². The smallest absolute Gasteiger partial charge is 0.152 e. The van der Waals surface area contributed by atoms with Crippen LogP contribution in [0.2, 0.25) is 0 Å². The third kappa shape index (κ3) is 1.92. The van der Waals surface area contributed by atoms with E-state index in [9.17, 15) is 9.90 Å². The summed E-state index contributed by atoms with van der Waals surface area (Å²) in [7, 11) is 0. The topological polar surface area (TPSA) is 53.1 Å². The van der Waals surface area contributed by atoms with E-state index in [-0.39, 0.29) is 0 Å². The summed E-state index contributed by atoms with van der Waals surface area (Å²) in [5.41, 5.74) is 3.99. The summed E-state index contributed by atoms with van der Waals surface area (Å²) in [6.07, 6.45) is 0.240. The zero-order chi connectivity index (χ0) is 14.1. The van der Waals surface area contributed by atoms with E-state index in [1.807, 2.05) is 48.5 Å². The summed E-state index contributed by atoms with van der Waals surface area (Å²) >= 11 is 0. The van der Waals surface area contributed by atoms with Gasteiger partial charge in [-0.15, -0.1) is 0 Å². The SMILES string of the molecule is CC(O)c1cccc2[nH]c(-c3ccccc3)c(C=O)c12. The van der Waals surface area contributed by atoms with Crippen molar-refractivity contribution in [3.8, 4) is 11.3 Å². The van der Waals surface area contributed by atoms with Crippen LogP contribution in [-0.2, 0) is 0 Å². The van der Waals surface area contributed by atoms with Crippen molar-refractivity contribution < 1.29 is 9.90 Å². The second-order valence-electron chi connectivity index (χ2n) is 4.84. The maximum atomic E-state index is 11.5. The largest absolute Gasteiger partial charge is 0.389 e. The predicted octanol–water partition coefficient (Wildman–Crippen LogP) is 3.70. The Kier molecular flexibility index (Phi) is 3.12. The Morgan fingerprint density at radius 3 is 2.50 bits per heavy atom.